The summed E-state index contributed by atoms with van der Waals surface area (Å²) in [6.07, 6.45) is 37.6. The summed E-state index contributed by atoms with van der Waals surface area (Å²) in [7, 11) is 0. The lowest BCUT2D eigenvalue weighted by Crippen LogP contribution is -2.47. The van der Waals surface area contributed by atoms with E-state index < -0.39 is 18.2 Å². The Morgan fingerprint density at radius 2 is 0.872 bits per heavy atom. The first kappa shape index (κ1) is 38.6. The normalized spacial score (nSPS) is 15.1. The van der Waals surface area contributed by atoms with Gasteiger partial charge >= 0.3 is 0 Å². The second kappa shape index (κ2) is 30.6. The molecule has 0 aromatic rings. The lowest BCUT2D eigenvalue weighted by atomic mass is 9.85. The molecule has 0 spiro atoms. The lowest BCUT2D eigenvalue weighted by Gasteiger charge is -2.29. The third-order valence-corrected chi connectivity index (χ3v) is 8.67. The average molecular weight is 552 g/mol. The number of hydrogen-bond donors (Lipinski definition) is 3. The van der Waals surface area contributed by atoms with E-state index in [9.17, 15) is 10.2 Å². The fraction of sp³-hybridized carbons (Fsp3) is 0.944. The van der Waals surface area contributed by atoms with E-state index >= 15 is 0 Å². The molecule has 3 heteroatoms. The Bertz CT molecular complexity index is 494. The van der Waals surface area contributed by atoms with Gasteiger partial charge in [-0.25, -0.2) is 0 Å². The number of aliphatic hydroxyl groups is 2. The zero-order chi connectivity index (χ0) is 28.8. The molecule has 0 rings (SSSR count). The maximum absolute atomic E-state index is 10.9. The van der Waals surface area contributed by atoms with Crippen LogP contribution in [0.25, 0.3) is 0 Å². The van der Waals surface area contributed by atoms with E-state index in [4.69, 9.17) is 5.73 Å². The van der Waals surface area contributed by atoms with Gasteiger partial charge in [-0.3, -0.25) is 0 Å². The molecule has 234 valence electrons. The van der Waals surface area contributed by atoms with Gasteiger partial charge in [0.25, 0.3) is 0 Å². The lowest BCUT2D eigenvalue weighted by molar-refractivity contribution is 0.0302. The summed E-state index contributed by atoms with van der Waals surface area (Å²) in [5.74, 6) is 0.197. The highest BCUT2D eigenvalue weighted by Gasteiger charge is 2.28. The van der Waals surface area contributed by atoms with Crippen molar-refractivity contribution >= 4 is 0 Å². The second-order valence-electron chi connectivity index (χ2n) is 12.5. The Kier molecular flexibility index (Phi) is 30.3. The Labute approximate surface area is 246 Å². The molecule has 3 nitrogen and oxygen atoms in total. The highest BCUT2D eigenvalue weighted by molar-refractivity contribution is 4.97. The Morgan fingerprint density at radius 1 is 0.487 bits per heavy atom. The molecule has 0 saturated carbocycles. The number of hydrogen-bond acceptors (Lipinski definition) is 3. The van der Waals surface area contributed by atoms with Crippen molar-refractivity contribution in [2.24, 2.45) is 11.7 Å². The third kappa shape index (κ3) is 25.1. The van der Waals surface area contributed by atoms with E-state index in [1.165, 1.54) is 141 Å². The van der Waals surface area contributed by atoms with Crippen molar-refractivity contribution in [3.05, 3.63) is 12.2 Å². The standard InChI is InChI=1S/C36H73NO2/c1-4-7-9-11-13-15-17-19-21-23-25-27-29-32-34(38)35(37)36(39)33(30-6-3)31-28-26-24-22-20-18-16-14-12-10-8-5-2/h29,32-36,38-39H,4-28,30-31,37H2,1-3H3/b32-29+/t33?,34-,35-,36?/m1/s1. The molecular weight excluding hydrogens is 478 g/mol. The first-order chi connectivity index (χ1) is 19.1. The van der Waals surface area contributed by atoms with E-state index in [1.807, 2.05) is 6.08 Å². The van der Waals surface area contributed by atoms with Crippen LogP contribution in [0.1, 0.15) is 194 Å². The largest absolute Gasteiger partial charge is 0.391 e. The zero-order valence-electron chi connectivity index (χ0n) is 27.0. The van der Waals surface area contributed by atoms with Gasteiger partial charge in [0.2, 0.25) is 0 Å². The molecule has 0 amide bonds. The van der Waals surface area contributed by atoms with Gasteiger partial charge in [0.1, 0.15) is 0 Å². The number of allylic oxidation sites excluding steroid dienone is 1. The molecule has 4 atom stereocenters. The molecule has 0 radical (unpaired) electrons. The maximum atomic E-state index is 10.9. The van der Waals surface area contributed by atoms with Gasteiger partial charge in [0.05, 0.1) is 18.2 Å². The second-order valence-corrected chi connectivity index (χ2v) is 12.5. The summed E-state index contributed by atoms with van der Waals surface area (Å²) in [5, 5.41) is 21.5. The quantitative estimate of drug-likeness (QED) is 0.0593. The minimum Gasteiger partial charge on any atom is -0.391 e. The summed E-state index contributed by atoms with van der Waals surface area (Å²) < 4.78 is 0. The summed E-state index contributed by atoms with van der Waals surface area (Å²) in [6, 6.07) is -0.590. The van der Waals surface area contributed by atoms with Crippen LogP contribution in [0.5, 0.6) is 0 Å². The van der Waals surface area contributed by atoms with E-state index in [-0.39, 0.29) is 5.92 Å². The van der Waals surface area contributed by atoms with Crippen molar-refractivity contribution in [3.63, 3.8) is 0 Å². The van der Waals surface area contributed by atoms with Gasteiger partial charge in [-0.2, -0.15) is 0 Å². The molecule has 0 heterocycles. The molecule has 0 fully saturated rings. The summed E-state index contributed by atoms with van der Waals surface area (Å²) in [6.45, 7) is 6.73. The summed E-state index contributed by atoms with van der Waals surface area (Å²) in [4.78, 5) is 0. The SMILES string of the molecule is CCCCCCCCCCCCC/C=C/[C@@H](O)[C@@H](N)C(O)C(CCC)CCCCCCCCCCCCCC. The molecule has 4 N–H and O–H groups in total. The van der Waals surface area contributed by atoms with Crippen LogP contribution in [-0.2, 0) is 0 Å². The van der Waals surface area contributed by atoms with Gasteiger partial charge in [-0.15, -0.1) is 0 Å². The molecule has 39 heavy (non-hydrogen) atoms. The zero-order valence-corrected chi connectivity index (χ0v) is 27.0. The van der Waals surface area contributed by atoms with Gasteiger partial charge in [0.15, 0.2) is 0 Å². The summed E-state index contributed by atoms with van der Waals surface area (Å²) >= 11 is 0. The van der Waals surface area contributed by atoms with Crippen LogP contribution in [0, 0.1) is 5.92 Å². The fourth-order valence-corrected chi connectivity index (χ4v) is 5.91. The predicted octanol–water partition coefficient (Wildman–Crippen LogP) is 10.8. The molecule has 0 aromatic heterocycles. The molecule has 0 aliphatic rings. The van der Waals surface area contributed by atoms with Crippen molar-refractivity contribution in [1.29, 1.82) is 0 Å². The van der Waals surface area contributed by atoms with Crippen LogP contribution in [0.2, 0.25) is 0 Å². The van der Waals surface area contributed by atoms with Crippen molar-refractivity contribution in [1.82, 2.24) is 0 Å². The summed E-state index contributed by atoms with van der Waals surface area (Å²) in [5.41, 5.74) is 6.32. The average Bonchev–Trinajstić information content (AvgIpc) is 2.94. The predicted molar refractivity (Wildman–Crippen MR) is 174 cm³/mol. The van der Waals surface area contributed by atoms with Crippen LogP contribution >= 0.6 is 0 Å². The van der Waals surface area contributed by atoms with Crippen LogP contribution in [-0.4, -0.2) is 28.5 Å². The van der Waals surface area contributed by atoms with Crippen molar-refractivity contribution in [2.45, 2.75) is 212 Å². The number of unbranched alkanes of at least 4 members (excludes halogenated alkanes) is 22. The highest BCUT2D eigenvalue weighted by atomic mass is 16.3. The van der Waals surface area contributed by atoms with Gasteiger partial charge in [-0.1, -0.05) is 181 Å². The van der Waals surface area contributed by atoms with Crippen molar-refractivity contribution < 1.29 is 10.2 Å². The van der Waals surface area contributed by atoms with Crippen LogP contribution in [0.15, 0.2) is 12.2 Å². The van der Waals surface area contributed by atoms with Crippen LogP contribution < -0.4 is 5.73 Å². The van der Waals surface area contributed by atoms with E-state index in [2.05, 4.69) is 26.8 Å². The van der Waals surface area contributed by atoms with Gasteiger partial charge < -0.3 is 15.9 Å². The molecule has 2 unspecified atom stereocenters. The van der Waals surface area contributed by atoms with Crippen LogP contribution in [0.3, 0.4) is 0 Å². The number of rotatable bonds is 31. The molecule has 0 saturated heterocycles. The fourth-order valence-electron chi connectivity index (χ4n) is 5.91. The molecule has 0 aliphatic carbocycles. The Morgan fingerprint density at radius 3 is 1.28 bits per heavy atom. The first-order valence-electron chi connectivity index (χ1n) is 17.9. The first-order valence-corrected chi connectivity index (χ1v) is 17.9. The maximum Gasteiger partial charge on any atom is 0.0897 e. The Hall–Kier alpha value is -0.380. The topological polar surface area (TPSA) is 66.5 Å². The van der Waals surface area contributed by atoms with Crippen LogP contribution in [0.4, 0.5) is 0 Å². The number of aliphatic hydroxyl groups excluding tert-OH is 2. The van der Waals surface area contributed by atoms with E-state index in [0.717, 1.165) is 32.1 Å². The van der Waals surface area contributed by atoms with Gasteiger partial charge in [0, 0.05) is 0 Å². The molecular formula is C36H73NO2. The minimum atomic E-state index is -0.756. The van der Waals surface area contributed by atoms with Crippen molar-refractivity contribution in [3.8, 4) is 0 Å². The number of nitrogens with two attached hydrogens (primary N) is 1. The minimum absolute atomic E-state index is 0.197. The van der Waals surface area contributed by atoms with Crippen molar-refractivity contribution in [2.75, 3.05) is 0 Å². The highest BCUT2D eigenvalue weighted by Crippen LogP contribution is 2.23. The molecule has 0 bridgehead atoms. The van der Waals surface area contributed by atoms with E-state index in [1.54, 1.807) is 0 Å². The van der Waals surface area contributed by atoms with E-state index in [0.29, 0.717) is 0 Å². The third-order valence-electron chi connectivity index (χ3n) is 8.67. The molecule has 0 aromatic carbocycles. The monoisotopic (exact) mass is 552 g/mol. The van der Waals surface area contributed by atoms with Gasteiger partial charge in [-0.05, 0) is 31.6 Å². The smallest absolute Gasteiger partial charge is 0.0897 e. The Balaban J connectivity index is 3.91. The molecule has 0 aliphatic heterocycles.